The van der Waals surface area contributed by atoms with Crippen LogP contribution in [0.1, 0.15) is 44.1 Å². The summed E-state index contributed by atoms with van der Waals surface area (Å²) in [7, 11) is 3.46. The number of nitrogens with zero attached hydrogens (tertiary/aromatic N) is 1. The Hall–Kier alpha value is -1.06. The van der Waals surface area contributed by atoms with Crippen molar-refractivity contribution in [2.75, 3.05) is 40.5 Å². The molecule has 7 heteroatoms. The largest absolute Gasteiger partial charge is 0.490 e. The van der Waals surface area contributed by atoms with Crippen molar-refractivity contribution >= 4 is 29.9 Å². The van der Waals surface area contributed by atoms with Crippen LogP contribution in [-0.2, 0) is 16.0 Å². The minimum absolute atomic E-state index is 0. The number of hydrogen-bond donors (Lipinski definition) is 2. The quantitative estimate of drug-likeness (QED) is 0.208. The zero-order chi connectivity index (χ0) is 19.2. The third-order valence-electron chi connectivity index (χ3n) is 4.63. The van der Waals surface area contributed by atoms with Gasteiger partial charge < -0.3 is 24.8 Å². The maximum absolute atomic E-state index is 6.15. The van der Waals surface area contributed by atoms with Gasteiger partial charge >= 0.3 is 0 Å². The molecule has 0 atom stereocenters. The number of rotatable bonds is 11. The van der Waals surface area contributed by atoms with Crippen LogP contribution in [-0.4, -0.2) is 52.6 Å². The zero-order valence-corrected chi connectivity index (χ0v) is 19.6. The molecule has 1 fully saturated rings. The highest BCUT2D eigenvalue weighted by Crippen LogP contribution is 2.23. The molecule has 28 heavy (non-hydrogen) atoms. The molecule has 1 aliphatic rings. The number of aliphatic imine (C=N–C) groups is 1. The topological polar surface area (TPSA) is 64.1 Å². The van der Waals surface area contributed by atoms with Gasteiger partial charge in [-0.15, -0.1) is 24.0 Å². The summed E-state index contributed by atoms with van der Waals surface area (Å²) in [6.07, 6.45) is 7.56. The number of halogens is 1. The SMILES string of the molecule is CN=C(NCCCOCCOC)NCc1cccc(OC2CCCCC2)c1.I. The minimum atomic E-state index is 0. The molecule has 0 unspecified atom stereocenters. The summed E-state index contributed by atoms with van der Waals surface area (Å²) in [5.74, 6) is 1.77. The molecule has 6 nitrogen and oxygen atoms in total. The zero-order valence-electron chi connectivity index (χ0n) is 17.2. The summed E-state index contributed by atoms with van der Waals surface area (Å²) < 4.78 is 16.6. The van der Waals surface area contributed by atoms with E-state index in [1.165, 1.54) is 37.7 Å². The molecule has 2 N–H and O–H groups in total. The van der Waals surface area contributed by atoms with Crippen molar-refractivity contribution < 1.29 is 14.2 Å². The fraction of sp³-hybridized carbons (Fsp3) is 0.667. The van der Waals surface area contributed by atoms with E-state index in [1.807, 2.05) is 0 Å². The summed E-state index contributed by atoms with van der Waals surface area (Å²) >= 11 is 0. The van der Waals surface area contributed by atoms with Crippen molar-refractivity contribution in [3.63, 3.8) is 0 Å². The second kappa shape index (κ2) is 15.8. The molecule has 0 radical (unpaired) electrons. The van der Waals surface area contributed by atoms with Gasteiger partial charge in [-0.25, -0.2) is 0 Å². The Balaban J connectivity index is 0.00000392. The maximum atomic E-state index is 6.15. The van der Waals surface area contributed by atoms with Crippen LogP contribution in [0.3, 0.4) is 0 Å². The van der Waals surface area contributed by atoms with E-state index in [-0.39, 0.29) is 24.0 Å². The van der Waals surface area contributed by atoms with Gasteiger partial charge in [0.25, 0.3) is 0 Å². The standard InChI is InChI=1S/C21H35N3O3.HI/c1-22-21(23-12-7-13-26-15-14-25-2)24-17-18-8-6-11-20(16-18)27-19-9-4-3-5-10-19;/h6,8,11,16,19H,3-5,7,9-10,12-15,17H2,1-2H3,(H2,22,23,24);1H. The van der Waals surface area contributed by atoms with Gasteiger partial charge in [0, 0.05) is 33.9 Å². The van der Waals surface area contributed by atoms with Crippen LogP contribution in [0.5, 0.6) is 5.75 Å². The molecule has 0 spiro atoms. The molecule has 0 aliphatic heterocycles. The Labute approximate surface area is 186 Å². The maximum Gasteiger partial charge on any atom is 0.191 e. The number of guanidine groups is 1. The average molecular weight is 505 g/mol. The molecule has 2 rings (SSSR count). The normalized spacial score (nSPS) is 15.0. The van der Waals surface area contributed by atoms with E-state index in [0.29, 0.717) is 32.5 Å². The molecule has 1 saturated carbocycles. The Morgan fingerprint density at radius 1 is 1.11 bits per heavy atom. The molecule has 1 aromatic rings. The molecular formula is C21H36IN3O3. The van der Waals surface area contributed by atoms with Crippen LogP contribution >= 0.6 is 24.0 Å². The van der Waals surface area contributed by atoms with Crippen molar-refractivity contribution in [1.29, 1.82) is 0 Å². The fourth-order valence-electron chi connectivity index (χ4n) is 3.14. The van der Waals surface area contributed by atoms with Crippen molar-refractivity contribution in [3.05, 3.63) is 29.8 Å². The monoisotopic (exact) mass is 505 g/mol. The highest BCUT2D eigenvalue weighted by Gasteiger charge is 2.14. The number of ether oxygens (including phenoxy) is 3. The molecule has 0 amide bonds. The van der Waals surface area contributed by atoms with Crippen LogP contribution in [0, 0.1) is 0 Å². The van der Waals surface area contributed by atoms with Gasteiger partial charge in [0.2, 0.25) is 0 Å². The van der Waals surface area contributed by atoms with E-state index in [0.717, 1.165) is 24.7 Å². The van der Waals surface area contributed by atoms with E-state index in [1.54, 1.807) is 14.2 Å². The smallest absolute Gasteiger partial charge is 0.191 e. The first-order valence-corrected chi connectivity index (χ1v) is 10.1. The predicted molar refractivity (Wildman–Crippen MR) is 125 cm³/mol. The van der Waals surface area contributed by atoms with E-state index < -0.39 is 0 Å². The lowest BCUT2D eigenvalue weighted by molar-refractivity contribution is 0.0698. The van der Waals surface area contributed by atoms with Gasteiger partial charge in [-0.2, -0.15) is 0 Å². The van der Waals surface area contributed by atoms with E-state index >= 15 is 0 Å². The molecule has 160 valence electrons. The lowest BCUT2D eigenvalue weighted by Gasteiger charge is -2.23. The summed E-state index contributed by atoms with van der Waals surface area (Å²) in [4.78, 5) is 4.27. The fourth-order valence-corrected chi connectivity index (χ4v) is 3.14. The van der Waals surface area contributed by atoms with Gasteiger partial charge in [0.1, 0.15) is 5.75 Å². The van der Waals surface area contributed by atoms with Crippen LogP contribution in [0.15, 0.2) is 29.3 Å². The van der Waals surface area contributed by atoms with Crippen molar-refractivity contribution in [3.8, 4) is 5.75 Å². The molecule has 1 aliphatic carbocycles. The molecule has 0 heterocycles. The van der Waals surface area contributed by atoms with Crippen LogP contribution < -0.4 is 15.4 Å². The van der Waals surface area contributed by atoms with Gasteiger partial charge in [-0.05, 0) is 49.8 Å². The number of methoxy groups -OCH3 is 1. The summed E-state index contributed by atoms with van der Waals surface area (Å²) in [5.41, 5.74) is 1.19. The van der Waals surface area contributed by atoms with Crippen LogP contribution in [0.4, 0.5) is 0 Å². The third-order valence-corrected chi connectivity index (χ3v) is 4.63. The lowest BCUT2D eigenvalue weighted by atomic mass is 9.98. The Bertz CT molecular complexity index is 551. The Morgan fingerprint density at radius 3 is 2.68 bits per heavy atom. The Morgan fingerprint density at radius 2 is 1.93 bits per heavy atom. The van der Waals surface area contributed by atoms with E-state index in [2.05, 4.69) is 39.9 Å². The molecule has 0 bridgehead atoms. The summed E-state index contributed by atoms with van der Waals surface area (Å²) in [5, 5.41) is 6.66. The van der Waals surface area contributed by atoms with Gasteiger partial charge in [-0.1, -0.05) is 18.6 Å². The highest BCUT2D eigenvalue weighted by molar-refractivity contribution is 14.0. The first-order valence-electron chi connectivity index (χ1n) is 10.1. The van der Waals surface area contributed by atoms with E-state index in [9.17, 15) is 0 Å². The highest BCUT2D eigenvalue weighted by atomic mass is 127. The number of hydrogen-bond acceptors (Lipinski definition) is 4. The first kappa shape index (κ1) is 25.0. The lowest BCUT2D eigenvalue weighted by Crippen LogP contribution is -2.37. The number of nitrogens with one attached hydrogen (secondary N) is 2. The van der Waals surface area contributed by atoms with Gasteiger partial charge in [0.05, 0.1) is 19.3 Å². The van der Waals surface area contributed by atoms with Gasteiger partial charge in [-0.3, -0.25) is 4.99 Å². The van der Waals surface area contributed by atoms with Crippen molar-refractivity contribution in [1.82, 2.24) is 10.6 Å². The first-order chi connectivity index (χ1) is 13.3. The van der Waals surface area contributed by atoms with Crippen molar-refractivity contribution in [2.24, 2.45) is 4.99 Å². The third kappa shape index (κ3) is 10.5. The molecule has 0 saturated heterocycles. The predicted octanol–water partition coefficient (Wildman–Crippen LogP) is 3.73. The van der Waals surface area contributed by atoms with Gasteiger partial charge in [0.15, 0.2) is 5.96 Å². The van der Waals surface area contributed by atoms with Crippen molar-refractivity contribution in [2.45, 2.75) is 51.2 Å². The second-order valence-electron chi connectivity index (χ2n) is 6.84. The number of benzene rings is 1. The van der Waals surface area contributed by atoms with Crippen LogP contribution in [0.2, 0.25) is 0 Å². The molecule has 0 aromatic heterocycles. The Kier molecular flexibility index (Phi) is 14.1. The second-order valence-corrected chi connectivity index (χ2v) is 6.84. The summed E-state index contributed by atoms with van der Waals surface area (Å²) in [6.45, 7) is 3.53. The molecule has 1 aromatic carbocycles. The minimum Gasteiger partial charge on any atom is -0.490 e. The van der Waals surface area contributed by atoms with Crippen LogP contribution in [0.25, 0.3) is 0 Å². The van der Waals surface area contributed by atoms with E-state index in [4.69, 9.17) is 14.2 Å². The molecular weight excluding hydrogens is 469 g/mol. The average Bonchev–Trinajstić information content (AvgIpc) is 2.70. The summed E-state index contributed by atoms with van der Waals surface area (Å²) in [6, 6.07) is 8.34.